The summed E-state index contributed by atoms with van der Waals surface area (Å²) in [6.45, 7) is 13.7. The van der Waals surface area contributed by atoms with Gasteiger partial charge >= 0.3 is 0 Å². The van der Waals surface area contributed by atoms with Gasteiger partial charge in [-0.15, -0.1) is 5.53 Å². The van der Waals surface area contributed by atoms with Crippen molar-refractivity contribution in [3.63, 3.8) is 0 Å². The van der Waals surface area contributed by atoms with Crippen LogP contribution in [-0.4, -0.2) is 88.6 Å². The first kappa shape index (κ1) is 37.5. The van der Waals surface area contributed by atoms with Crippen molar-refractivity contribution in [2.75, 3.05) is 26.4 Å². The zero-order chi connectivity index (χ0) is 34.9. The lowest BCUT2D eigenvalue weighted by molar-refractivity contribution is -0.299. The maximum absolute atomic E-state index is 10.2. The fraction of sp³-hybridized carbons (Fsp3) is 0.897. The van der Waals surface area contributed by atoms with E-state index >= 15 is 0 Å². The highest BCUT2D eigenvalue weighted by Gasteiger charge is 2.59. The van der Waals surface area contributed by atoms with Crippen LogP contribution in [0, 0.1) is 46.3 Å². The highest BCUT2D eigenvalue weighted by atomic mass is 16.7. The number of aliphatic hydroxyl groups excluding tert-OH is 4. The van der Waals surface area contributed by atoms with E-state index in [1.165, 1.54) is 57.8 Å². The Morgan fingerprint density at radius 1 is 0.959 bits per heavy atom. The highest BCUT2D eigenvalue weighted by Crippen LogP contribution is 2.67. The quantitative estimate of drug-likeness (QED) is 0.112. The molecule has 280 valence electrons. The van der Waals surface area contributed by atoms with Gasteiger partial charge in [0.05, 0.1) is 25.0 Å². The molecule has 4 aliphatic carbocycles. The number of nitrogens with one attached hydrogen (secondary N) is 2. The Morgan fingerprint density at radius 2 is 1.78 bits per heavy atom. The number of hydrazine groups is 2. The van der Waals surface area contributed by atoms with Crippen molar-refractivity contribution in [2.24, 2.45) is 46.3 Å². The predicted octanol–water partition coefficient (Wildman–Crippen LogP) is 4.79. The fourth-order valence-electron chi connectivity index (χ4n) is 11.2. The maximum atomic E-state index is 10.2. The van der Waals surface area contributed by atoms with Gasteiger partial charge in [-0.25, -0.2) is 0 Å². The van der Waals surface area contributed by atoms with Crippen LogP contribution < -0.4 is 11.0 Å². The van der Waals surface area contributed by atoms with E-state index in [0.29, 0.717) is 23.5 Å². The fourth-order valence-corrected chi connectivity index (χ4v) is 11.2. The third kappa shape index (κ3) is 7.78. The highest BCUT2D eigenvalue weighted by molar-refractivity contribution is 5.25. The van der Waals surface area contributed by atoms with Crippen LogP contribution in [0.1, 0.15) is 112 Å². The van der Waals surface area contributed by atoms with Crippen LogP contribution in [0.25, 0.3) is 0 Å². The molecule has 0 aromatic rings. The number of hydrogen-bond donors (Lipinski definition) is 6. The van der Waals surface area contributed by atoms with Crippen molar-refractivity contribution in [1.82, 2.24) is 16.0 Å². The summed E-state index contributed by atoms with van der Waals surface area (Å²) < 4.78 is 17.6. The van der Waals surface area contributed by atoms with Gasteiger partial charge in [-0.05, 0) is 104 Å². The van der Waals surface area contributed by atoms with E-state index in [1.54, 1.807) is 5.57 Å². The van der Waals surface area contributed by atoms with Crippen molar-refractivity contribution in [2.45, 2.75) is 148 Å². The molecule has 3 saturated carbocycles. The molecule has 10 nitrogen and oxygen atoms in total. The largest absolute Gasteiger partial charge is 0.394 e. The molecule has 13 atom stereocenters. The minimum atomic E-state index is -1.46. The predicted molar refractivity (Wildman–Crippen MR) is 188 cm³/mol. The second-order valence-electron chi connectivity index (χ2n) is 17.5. The molecule has 0 spiro atoms. The number of ether oxygens (including phenoxy) is 3. The number of hydrogen-bond acceptors (Lipinski definition) is 10. The number of rotatable bonds is 14. The molecule has 49 heavy (non-hydrogen) atoms. The van der Waals surface area contributed by atoms with Gasteiger partial charge in [0.15, 0.2) is 6.29 Å². The third-order valence-electron chi connectivity index (χ3n) is 14.1. The molecule has 6 aliphatic rings. The Kier molecular flexibility index (Phi) is 12.1. The molecular formula is C39H67N3O7. The standard InChI is InChI=1S/C39H67N3O7/c1-24(2)8-6-9-25(3)30-12-13-31-29-11-10-26-20-28(14-16-38(26,4)32(29)15-17-39(30,31)5)47-19-7-18-42-21-27(40-41-42)23-48-37-36(46)35(45)34(44)33(22-43)49-37/h10,21,24-25,28-37,40-41,43-46H,6-9,11-20,22-23H2,1-5H3/t25-,28+,29+,30-,31+,32+,33-,34+,35+,36-,37-,38+,39-/m1/s1. The van der Waals surface area contributed by atoms with Crippen molar-refractivity contribution >= 4 is 0 Å². The van der Waals surface area contributed by atoms with Gasteiger partial charge in [0.1, 0.15) is 24.4 Å². The van der Waals surface area contributed by atoms with Gasteiger partial charge in [-0.2, -0.15) is 0 Å². The average molecular weight is 690 g/mol. The Labute approximate surface area is 295 Å². The number of aliphatic hydroxyl groups is 4. The lowest BCUT2D eigenvalue weighted by Crippen LogP contribution is -2.59. The van der Waals surface area contributed by atoms with E-state index in [9.17, 15) is 20.4 Å². The Hall–Kier alpha value is -1.24. The van der Waals surface area contributed by atoms with E-state index in [1.807, 2.05) is 11.2 Å². The topological polar surface area (TPSA) is 136 Å². The minimum Gasteiger partial charge on any atom is -0.394 e. The second kappa shape index (κ2) is 15.8. The number of nitrogens with zero attached hydrogens (tertiary/aromatic N) is 1. The van der Waals surface area contributed by atoms with E-state index < -0.39 is 37.3 Å². The summed E-state index contributed by atoms with van der Waals surface area (Å²) in [5.74, 6) is 5.18. The van der Waals surface area contributed by atoms with Gasteiger partial charge in [0.25, 0.3) is 0 Å². The smallest absolute Gasteiger partial charge is 0.187 e. The van der Waals surface area contributed by atoms with Gasteiger partial charge in [-0.3, -0.25) is 5.01 Å². The van der Waals surface area contributed by atoms with Gasteiger partial charge in [0, 0.05) is 19.4 Å². The van der Waals surface area contributed by atoms with Crippen molar-refractivity contribution < 1.29 is 34.6 Å². The molecule has 6 N–H and O–H groups in total. The first-order chi connectivity index (χ1) is 23.4. The molecule has 1 saturated heterocycles. The molecule has 10 heteroatoms. The monoisotopic (exact) mass is 689 g/mol. The number of fused-ring (bicyclic) bond motifs is 5. The lowest BCUT2D eigenvalue weighted by Gasteiger charge is -2.58. The zero-order valence-corrected chi connectivity index (χ0v) is 30.9. The van der Waals surface area contributed by atoms with E-state index in [-0.39, 0.29) is 6.61 Å². The van der Waals surface area contributed by atoms with Gasteiger partial charge in [-0.1, -0.05) is 65.5 Å². The SMILES string of the molecule is CC(C)CCC[C@@H](C)[C@H]1CC[C@H]2[C@@H]3CC=C4C[C@@H](OCCCN5C=C(CO[C@@H]6O[C@H](CO)[C@H](O)[C@H](O)[C@H]6O)NN5)CC[C@]4(C)[C@H]3CC[C@]12C. The molecule has 0 amide bonds. The minimum absolute atomic E-state index is 0.0959. The van der Waals surface area contributed by atoms with Gasteiger partial charge in [0.2, 0.25) is 0 Å². The van der Waals surface area contributed by atoms with Crippen molar-refractivity contribution in [3.8, 4) is 0 Å². The van der Waals surface area contributed by atoms with Crippen LogP contribution in [-0.2, 0) is 14.2 Å². The van der Waals surface area contributed by atoms with E-state index in [2.05, 4.69) is 51.7 Å². The zero-order valence-electron chi connectivity index (χ0n) is 30.9. The van der Waals surface area contributed by atoms with Crippen LogP contribution in [0.5, 0.6) is 0 Å². The van der Waals surface area contributed by atoms with Crippen LogP contribution in [0.2, 0.25) is 0 Å². The summed E-state index contributed by atoms with van der Waals surface area (Å²) in [5.41, 5.74) is 9.45. The molecule has 4 fully saturated rings. The Morgan fingerprint density at radius 3 is 2.55 bits per heavy atom. The maximum Gasteiger partial charge on any atom is 0.187 e. The van der Waals surface area contributed by atoms with E-state index in [0.717, 1.165) is 67.0 Å². The van der Waals surface area contributed by atoms with Crippen LogP contribution in [0.15, 0.2) is 23.5 Å². The summed E-state index contributed by atoms with van der Waals surface area (Å²) in [6.07, 6.45) is 14.0. The molecule has 0 unspecified atom stereocenters. The van der Waals surface area contributed by atoms with Crippen molar-refractivity contribution in [3.05, 3.63) is 23.5 Å². The van der Waals surface area contributed by atoms with Gasteiger partial charge < -0.3 is 40.1 Å². The molecule has 2 aliphatic heterocycles. The Balaban J connectivity index is 0.935. The first-order valence-corrected chi connectivity index (χ1v) is 19.7. The molecule has 0 radical (unpaired) electrons. The normalized spacial score (nSPS) is 42.6. The second-order valence-corrected chi connectivity index (χ2v) is 17.5. The molecule has 0 aromatic carbocycles. The molecular weight excluding hydrogens is 622 g/mol. The number of allylic oxidation sites excluding steroid dienone is 1. The summed E-state index contributed by atoms with van der Waals surface area (Å²) >= 11 is 0. The summed E-state index contributed by atoms with van der Waals surface area (Å²) in [5, 5.41) is 41.5. The Bertz CT molecular complexity index is 1170. The van der Waals surface area contributed by atoms with Crippen LogP contribution in [0.4, 0.5) is 0 Å². The molecule has 0 aromatic heterocycles. The van der Waals surface area contributed by atoms with E-state index in [4.69, 9.17) is 14.2 Å². The summed E-state index contributed by atoms with van der Waals surface area (Å²) in [6, 6.07) is 0. The molecule has 0 bridgehead atoms. The van der Waals surface area contributed by atoms with Crippen molar-refractivity contribution in [1.29, 1.82) is 0 Å². The molecule has 2 heterocycles. The summed E-state index contributed by atoms with van der Waals surface area (Å²) in [4.78, 5) is 0. The lowest BCUT2D eigenvalue weighted by atomic mass is 9.47. The summed E-state index contributed by atoms with van der Waals surface area (Å²) in [7, 11) is 0. The molecule has 6 rings (SSSR count). The van der Waals surface area contributed by atoms with Crippen LogP contribution in [0.3, 0.4) is 0 Å². The van der Waals surface area contributed by atoms with Crippen LogP contribution >= 0.6 is 0 Å². The average Bonchev–Trinajstić information content (AvgIpc) is 3.69. The third-order valence-corrected chi connectivity index (χ3v) is 14.1. The first-order valence-electron chi connectivity index (χ1n) is 19.7.